The average molecular weight is 383 g/mol. The molecule has 0 spiro atoms. The van der Waals surface area contributed by atoms with Gasteiger partial charge in [0.25, 0.3) is 0 Å². The molecule has 1 heterocycles. The number of aromatic nitrogens is 2. The van der Waals surface area contributed by atoms with E-state index in [0.717, 1.165) is 18.5 Å². The topological polar surface area (TPSA) is 103 Å². The highest BCUT2D eigenvalue weighted by Crippen LogP contribution is 2.34. The largest absolute Gasteiger partial charge is 0.383 e. The van der Waals surface area contributed by atoms with Crippen LogP contribution in [0.25, 0.3) is 0 Å². The molecule has 0 aliphatic rings. The summed E-state index contributed by atoms with van der Waals surface area (Å²) in [5.74, 6) is -1.84. The van der Waals surface area contributed by atoms with Crippen LogP contribution >= 0.6 is 0 Å². The molecule has 146 valence electrons. The van der Waals surface area contributed by atoms with E-state index in [0.29, 0.717) is 32.4 Å². The molecular formula is C16H19F2N5O4. The lowest BCUT2D eigenvalue weighted by Crippen LogP contribution is -2.32. The SMILES string of the molecule is COCCN(CCOC)c1ncnc(Nc2ccc(F)cc2F)c1[N+](=O)[O-]. The Morgan fingerprint density at radius 3 is 2.41 bits per heavy atom. The molecule has 2 aromatic rings. The smallest absolute Gasteiger partial charge is 0.353 e. The zero-order chi connectivity index (χ0) is 19.8. The average Bonchev–Trinajstić information content (AvgIpc) is 2.64. The van der Waals surface area contributed by atoms with E-state index < -0.39 is 22.2 Å². The predicted octanol–water partition coefficient (Wildman–Crippen LogP) is 2.51. The predicted molar refractivity (Wildman–Crippen MR) is 94.3 cm³/mol. The third-order valence-electron chi connectivity index (χ3n) is 3.60. The van der Waals surface area contributed by atoms with Gasteiger partial charge in [0.05, 0.1) is 23.8 Å². The first-order valence-corrected chi connectivity index (χ1v) is 7.92. The number of nitrogens with zero attached hydrogens (tertiary/aromatic N) is 4. The Labute approximate surface area is 154 Å². The Kier molecular flexibility index (Phi) is 7.32. The van der Waals surface area contributed by atoms with Crippen molar-refractivity contribution in [2.24, 2.45) is 0 Å². The third kappa shape index (κ3) is 5.28. The van der Waals surface area contributed by atoms with Crippen LogP contribution in [0.2, 0.25) is 0 Å². The van der Waals surface area contributed by atoms with Crippen molar-refractivity contribution in [1.82, 2.24) is 9.97 Å². The van der Waals surface area contributed by atoms with Crippen molar-refractivity contribution < 1.29 is 23.2 Å². The number of hydrogen-bond acceptors (Lipinski definition) is 8. The van der Waals surface area contributed by atoms with Gasteiger partial charge in [-0.25, -0.2) is 18.7 Å². The molecule has 0 saturated heterocycles. The molecule has 0 unspecified atom stereocenters. The molecule has 0 amide bonds. The van der Waals surface area contributed by atoms with Crippen molar-refractivity contribution in [2.75, 3.05) is 50.7 Å². The molecule has 0 fully saturated rings. The normalized spacial score (nSPS) is 10.7. The number of rotatable bonds is 10. The lowest BCUT2D eigenvalue weighted by Gasteiger charge is -2.23. The maximum absolute atomic E-state index is 13.9. The van der Waals surface area contributed by atoms with E-state index in [9.17, 15) is 18.9 Å². The third-order valence-corrected chi connectivity index (χ3v) is 3.60. The molecule has 0 saturated carbocycles. The second-order valence-corrected chi connectivity index (χ2v) is 5.37. The highest BCUT2D eigenvalue weighted by atomic mass is 19.1. The molecule has 0 aliphatic carbocycles. The fraction of sp³-hybridized carbons (Fsp3) is 0.375. The molecule has 1 aromatic carbocycles. The van der Waals surface area contributed by atoms with E-state index in [1.165, 1.54) is 14.2 Å². The number of benzene rings is 1. The molecular weight excluding hydrogens is 364 g/mol. The molecule has 0 bridgehead atoms. The minimum atomic E-state index is -0.903. The van der Waals surface area contributed by atoms with E-state index in [1.807, 2.05) is 0 Å². The number of nitrogens with one attached hydrogen (secondary N) is 1. The van der Waals surface area contributed by atoms with Gasteiger partial charge in [-0.15, -0.1) is 0 Å². The van der Waals surface area contributed by atoms with Crippen LogP contribution in [-0.4, -0.2) is 55.4 Å². The van der Waals surface area contributed by atoms with E-state index in [1.54, 1.807) is 4.90 Å². The summed E-state index contributed by atoms with van der Waals surface area (Å²) in [6.07, 6.45) is 1.12. The highest BCUT2D eigenvalue weighted by Gasteiger charge is 2.27. The molecule has 0 aliphatic heterocycles. The van der Waals surface area contributed by atoms with Crippen molar-refractivity contribution in [3.05, 3.63) is 46.3 Å². The zero-order valence-electron chi connectivity index (χ0n) is 14.8. The summed E-state index contributed by atoms with van der Waals surface area (Å²) < 4.78 is 37.0. The van der Waals surface area contributed by atoms with E-state index in [2.05, 4.69) is 15.3 Å². The highest BCUT2D eigenvalue weighted by molar-refractivity contribution is 5.74. The Hall–Kier alpha value is -2.92. The summed E-state index contributed by atoms with van der Waals surface area (Å²) in [5.41, 5.74) is -0.585. The summed E-state index contributed by atoms with van der Waals surface area (Å²) in [6.45, 7) is 1.25. The maximum atomic E-state index is 13.9. The van der Waals surface area contributed by atoms with Gasteiger partial charge in [0.1, 0.15) is 18.0 Å². The van der Waals surface area contributed by atoms with Gasteiger partial charge in [0, 0.05) is 33.4 Å². The van der Waals surface area contributed by atoms with Gasteiger partial charge in [-0.3, -0.25) is 10.1 Å². The number of methoxy groups -OCH3 is 2. The summed E-state index contributed by atoms with van der Waals surface area (Å²) in [7, 11) is 3.01. The van der Waals surface area contributed by atoms with Crippen LogP contribution < -0.4 is 10.2 Å². The lowest BCUT2D eigenvalue weighted by molar-refractivity contribution is -0.383. The monoisotopic (exact) mass is 383 g/mol. The number of halogens is 2. The van der Waals surface area contributed by atoms with Crippen molar-refractivity contribution in [1.29, 1.82) is 0 Å². The molecule has 27 heavy (non-hydrogen) atoms. The van der Waals surface area contributed by atoms with Crippen LogP contribution in [0.4, 0.5) is 31.8 Å². The fourth-order valence-electron chi connectivity index (χ4n) is 2.31. The van der Waals surface area contributed by atoms with Gasteiger partial charge in [0.2, 0.25) is 11.6 Å². The molecule has 9 nitrogen and oxygen atoms in total. The maximum Gasteiger partial charge on any atom is 0.353 e. The van der Waals surface area contributed by atoms with Gasteiger partial charge >= 0.3 is 5.69 Å². The first-order valence-electron chi connectivity index (χ1n) is 7.92. The van der Waals surface area contributed by atoms with Gasteiger partial charge < -0.3 is 19.7 Å². The van der Waals surface area contributed by atoms with Crippen molar-refractivity contribution in [3.63, 3.8) is 0 Å². The van der Waals surface area contributed by atoms with Crippen molar-refractivity contribution >= 4 is 23.0 Å². The van der Waals surface area contributed by atoms with Gasteiger partial charge in [-0.05, 0) is 12.1 Å². The Balaban J connectivity index is 2.43. The second kappa shape index (κ2) is 9.69. The molecule has 11 heteroatoms. The zero-order valence-corrected chi connectivity index (χ0v) is 14.8. The van der Waals surface area contributed by atoms with Crippen molar-refractivity contribution in [3.8, 4) is 0 Å². The van der Waals surface area contributed by atoms with Crippen LogP contribution in [-0.2, 0) is 9.47 Å². The van der Waals surface area contributed by atoms with Crippen molar-refractivity contribution in [2.45, 2.75) is 0 Å². The molecule has 1 aromatic heterocycles. The van der Waals surface area contributed by atoms with Gasteiger partial charge in [0.15, 0.2) is 0 Å². The Bertz CT molecular complexity index is 785. The van der Waals surface area contributed by atoms with Gasteiger partial charge in [-0.1, -0.05) is 0 Å². The number of ether oxygens (including phenoxy) is 2. The van der Waals surface area contributed by atoms with Crippen LogP contribution in [0.1, 0.15) is 0 Å². The Morgan fingerprint density at radius 2 is 1.85 bits per heavy atom. The minimum Gasteiger partial charge on any atom is -0.383 e. The summed E-state index contributed by atoms with van der Waals surface area (Å²) in [5, 5.41) is 14.2. The fourth-order valence-corrected chi connectivity index (χ4v) is 2.31. The van der Waals surface area contributed by atoms with E-state index in [-0.39, 0.29) is 17.3 Å². The number of anilines is 3. The minimum absolute atomic E-state index is 0.0362. The Morgan fingerprint density at radius 1 is 1.19 bits per heavy atom. The summed E-state index contributed by atoms with van der Waals surface area (Å²) in [6, 6.07) is 2.83. The molecule has 0 radical (unpaired) electrons. The standard InChI is InChI=1S/C16H19F2N5O4/c1-26-7-5-22(6-8-27-2)16-14(23(24)25)15(19-10-20-16)21-13-4-3-11(17)9-12(13)18/h3-4,9-10H,5-8H2,1-2H3,(H,19,20,21). The number of nitro groups is 1. The quantitative estimate of drug-likeness (QED) is 0.493. The molecule has 0 atom stereocenters. The summed E-state index contributed by atoms with van der Waals surface area (Å²) in [4.78, 5) is 20.5. The van der Waals surface area contributed by atoms with Crippen LogP contribution in [0.15, 0.2) is 24.5 Å². The lowest BCUT2D eigenvalue weighted by atomic mass is 10.3. The van der Waals surface area contributed by atoms with Crippen LogP contribution in [0.5, 0.6) is 0 Å². The van der Waals surface area contributed by atoms with Crippen LogP contribution in [0, 0.1) is 21.7 Å². The number of hydrogen-bond donors (Lipinski definition) is 1. The first-order chi connectivity index (χ1) is 13.0. The van der Waals surface area contributed by atoms with E-state index in [4.69, 9.17) is 9.47 Å². The summed E-state index contributed by atoms with van der Waals surface area (Å²) >= 11 is 0. The second-order valence-electron chi connectivity index (χ2n) is 5.37. The van der Waals surface area contributed by atoms with Gasteiger partial charge in [-0.2, -0.15) is 0 Å². The van der Waals surface area contributed by atoms with E-state index >= 15 is 0 Å². The van der Waals surface area contributed by atoms with Crippen LogP contribution in [0.3, 0.4) is 0 Å². The first kappa shape index (κ1) is 20.4. The molecule has 2 rings (SSSR count). The molecule has 1 N–H and O–H groups in total.